The monoisotopic (exact) mass is 260 g/mol. The van der Waals surface area contributed by atoms with E-state index < -0.39 is 10.1 Å². The summed E-state index contributed by atoms with van der Waals surface area (Å²) in [7, 11) is -3.83. The maximum Gasteiger partial charge on any atom is 0.264 e. The van der Waals surface area contributed by atoms with Gasteiger partial charge in [0.15, 0.2) is 0 Å². The number of unbranched alkanes of at least 4 members (excludes halogenated alkanes) is 2. The third-order valence-corrected chi connectivity index (χ3v) is 3.66. The number of nitrogens with zero attached hydrogens (tertiary/aromatic N) is 2. The molecule has 1 aliphatic rings. The molecule has 1 N–H and O–H groups in total. The molecule has 0 aromatic carbocycles. The standard InChI is InChI=1S/C11H20N2O3S/c1-2-3-6-11(12-8-9-13-11)7-4-5-10-17(14,15)16/h8-9H,2-7,10H2,1H3,(H,14,15,16). The van der Waals surface area contributed by atoms with Crippen molar-refractivity contribution in [3.05, 3.63) is 0 Å². The second-order valence-corrected chi connectivity index (χ2v) is 5.96. The number of hydrogen-bond acceptors (Lipinski definition) is 4. The molecule has 0 radical (unpaired) electrons. The van der Waals surface area contributed by atoms with Crippen molar-refractivity contribution in [1.82, 2.24) is 0 Å². The summed E-state index contributed by atoms with van der Waals surface area (Å²) in [5.74, 6) is -0.176. The van der Waals surface area contributed by atoms with Gasteiger partial charge in [0.1, 0.15) is 5.66 Å². The normalized spacial score (nSPS) is 17.8. The summed E-state index contributed by atoms with van der Waals surface area (Å²) in [6, 6.07) is 0. The fraction of sp³-hybridized carbons (Fsp3) is 0.818. The molecule has 0 bridgehead atoms. The predicted octanol–water partition coefficient (Wildman–Crippen LogP) is 2.09. The summed E-state index contributed by atoms with van der Waals surface area (Å²) in [5, 5.41) is 0. The number of hydrogen-bond donors (Lipinski definition) is 1. The van der Waals surface area contributed by atoms with Gasteiger partial charge in [0.2, 0.25) is 0 Å². The number of rotatable bonds is 8. The first-order valence-corrected chi connectivity index (χ1v) is 7.62. The van der Waals surface area contributed by atoms with E-state index >= 15 is 0 Å². The van der Waals surface area contributed by atoms with Gasteiger partial charge in [0, 0.05) is 12.4 Å². The van der Waals surface area contributed by atoms with Gasteiger partial charge in [-0.3, -0.25) is 14.5 Å². The summed E-state index contributed by atoms with van der Waals surface area (Å²) in [6.45, 7) is 2.12. The summed E-state index contributed by atoms with van der Waals surface area (Å²) < 4.78 is 29.8. The SMILES string of the molecule is CCCCC1(CCCCS(=O)(=O)O)N=CC=N1. The van der Waals surface area contributed by atoms with Crippen molar-refractivity contribution in [3.8, 4) is 0 Å². The summed E-state index contributed by atoms with van der Waals surface area (Å²) in [6.07, 6.45) is 8.38. The molecule has 5 nitrogen and oxygen atoms in total. The zero-order chi connectivity index (χ0) is 12.8. The topological polar surface area (TPSA) is 79.1 Å². The van der Waals surface area contributed by atoms with Crippen LogP contribution < -0.4 is 0 Å². The second kappa shape index (κ2) is 6.26. The molecule has 0 atom stereocenters. The molecular formula is C11H20N2O3S. The van der Waals surface area contributed by atoms with E-state index in [9.17, 15) is 8.42 Å². The third kappa shape index (κ3) is 5.41. The largest absolute Gasteiger partial charge is 0.286 e. The van der Waals surface area contributed by atoms with E-state index in [1.807, 2.05) is 0 Å². The van der Waals surface area contributed by atoms with Crippen LogP contribution in [0, 0.1) is 0 Å². The highest BCUT2D eigenvalue weighted by Gasteiger charge is 2.28. The van der Waals surface area contributed by atoms with E-state index in [0.717, 1.165) is 25.7 Å². The highest BCUT2D eigenvalue weighted by Crippen LogP contribution is 2.29. The Morgan fingerprint density at radius 2 is 1.71 bits per heavy atom. The van der Waals surface area contributed by atoms with Crippen LogP contribution in [0.3, 0.4) is 0 Å². The lowest BCUT2D eigenvalue weighted by molar-refractivity contribution is 0.368. The van der Waals surface area contributed by atoms with Gasteiger partial charge in [0.25, 0.3) is 10.1 Å². The molecule has 1 rings (SSSR count). The fourth-order valence-electron chi connectivity index (χ4n) is 1.91. The van der Waals surface area contributed by atoms with Crippen LogP contribution in [0.15, 0.2) is 9.98 Å². The van der Waals surface area contributed by atoms with E-state index in [2.05, 4.69) is 16.9 Å². The smallest absolute Gasteiger partial charge is 0.264 e. The van der Waals surface area contributed by atoms with Crippen LogP contribution in [0.5, 0.6) is 0 Å². The molecule has 0 amide bonds. The van der Waals surface area contributed by atoms with Crippen LogP contribution in [-0.2, 0) is 10.1 Å². The van der Waals surface area contributed by atoms with Crippen LogP contribution in [-0.4, -0.2) is 36.8 Å². The Balaban J connectivity index is 2.36. The van der Waals surface area contributed by atoms with E-state index in [1.165, 1.54) is 0 Å². The van der Waals surface area contributed by atoms with Crippen LogP contribution >= 0.6 is 0 Å². The highest BCUT2D eigenvalue weighted by molar-refractivity contribution is 7.85. The van der Waals surface area contributed by atoms with Gasteiger partial charge < -0.3 is 0 Å². The van der Waals surface area contributed by atoms with Gasteiger partial charge >= 0.3 is 0 Å². The van der Waals surface area contributed by atoms with Crippen molar-refractivity contribution >= 4 is 22.5 Å². The Labute approximate surface area is 103 Å². The van der Waals surface area contributed by atoms with E-state index in [-0.39, 0.29) is 11.4 Å². The lowest BCUT2D eigenvalue weighted by Gasteiger charge is -2.22. The Morgan fingerprint density at radius 1 is 1.12 bits per heavy atom. The van der Waals surface area contributed by atoms with Crippen LogP contribution in [0.25, 0.3) is 0 Å². The molecule has 1 aliphatic heterocycles. The second-order valence-electron chi connectivity index (χ2n) is 4.39. The van der Waals surface area contributed by atoms with Gasteiger partial charge in [-0.2, -0.15) is 8.42 Å². The van der Waals surface area contributed by atoms with Crippen molar-refractivity contribution in [2.24, 2.45) is 9.98 Å². The van der Waals surface area contributed by atoms with Gasteiger partial charge in [-0.05, 0) is 32.1 Å². The van der Waals surface area contributed by atoms with Gasteiger partial charge in [-0.15, -0.1) is 0 Å². The minimum atomic E-state index is -3.83. The molecule has 17 heavy (non-hydrogen) atoms. The molecule has 0 aromatic rings. The van der Waals surface area contributed by atoms with Gasteiger partial charge in [-0.25, -0.2) is 0 Å². The fourth-order valence-corrected chi connectivity index (χ4v) is 2.48. The van der Waals surface area contributed by atoms with E-state index in [0.29, 0.717) is 12.8 Å². The third-order valence-electron chi connectivity index (χ3n) is 2.86. The molecule has 1 heterocycles. The molecule has 0 unspecified atom stereocenters. The minimum Gasteiger partial charge on any atom is -0.286 e. The molecule has 0 saturated carbocycles. The van der Waals surface area contributed by atoms with Crippen molar-refractivity contribution < 1.29 is 13.0 Å². The molecule has 0 spiro atoms. The summed E-state index contributed by atoms with van der Waals surface area (Å²) >= 11 is 0. The highest BCUT2D eigenvalue weighted by atomic mass is 32.2. The first kappa shape index (κ1) is 14.3. The number of aliphatic imine (C=N–C) groups is 2. The van der Waals surface area contributed by atoms with Gasteiger partial charge in [-0.1, -0.05) is 13.3 Å². The zero-order valence-corrected chi connectivity index (χ0v) is 11.0. The van der Waals surface area contributed by atoms with E-state index in [1.54, 1.807) is 12.4 Å². The molecule has 0 aliphatic carbocycles. The maximum absolute atomic E-state index is 10.6. The molecule has 0 saturated heterocycles. The summed E-state index contributed by atoms with van der Waals surface area (Å²) in [5.41, 5.74) is -0.366. The zero-order valence-electron chi connectivity index (χ0n) is 10.2. The first-order chi connectivity index (χ1) is 7.97. The molecule has 6 heteroatoms. The van der Waals surface area contributed by atoms with Crippen LogP contribution in [0.2, 0.25) is 0 Å². The molecular weight excluding hydrogens is 240 g/mol. The lowest BCUT2D eigenvalue weighted by atomic mass is 9.98. The Kier molecular flexibility index (Phi) is 5.27. The Morgan fingerprint density at radius 3 is 2.24 bits per heavy atom. The molecule has 98 valence electrons. The predicted molar refractivity (Wildman–Crippen MR) is 69.5 cm³/mol. The van der Waals surface area contributed by atoms with E-state index in [4.69, 9.17) is 4.55 Å². The minimum absolute atomic E-state index is 0.176. The maximum atomic E-state index is 10.6. The van der Waals surface area contributed by atoms with Crippen LogP contribution in [0.1, 0.15) is 45.4 Å². The lowest BCUT2D eigenvalue weighted by Crippen LogP contribution is -2.22. The summed E-state index contributed by atoms with van der Waals surface area (Å²) in [4.78, 5) is 8.76. The van der Waals surface area contributed by atoms with Crippen molar-refractivity contribution in [2.75, 3.05) is 5.75 Å². The molecule has 0 aromatic heterocycles. The van der Waals surface area contributed by atoms with Crippen molar-refractivity contribution in [3.63, 3.8) is 0 Å². The Hall–Kier alpha value is -0.750. The molecule has 0 fully saturated rings. The van der Waals surface area contributed by atoms with Gasteiger partial charge in [0.05, 0.1) is 5.75 Å². The first-order valence-electron chi connectivity index (χ1n) is 6.02. The quantitative estimate of drug-likeness (QED) is 0.536. The van der Waals surface area contributed by atoms with Crippen molar-refractivity contribution in [2.45, 2.75) is 51.1 Å². The average molecular weight is 260 g/mol. The van der Waals surface area contributed by atoms with Crippen LogP contribution in [0.4, 0.5) is 0 Å². The average Bonchev–Trinajstić information content (AvgIpc) is 2.70. The van der Waals surface area contributed by atoms with Crippen molar-refractivity contribution in [1.29, 1.82) is 0 Å². The Bertz CT molecular complexity index is 376.